The number of H-pyrrole nitrogens is 1. The Balaban J connectivity index is 1.68. The number of amides is 4. The van der Waals surface area contributed by atoms with Crippen LogP contribution < -0.4 is 16.0 Å². The van der Waals surface area contributed by atoms with Gasteiger partial charge in [-0.1, -0.05) is 13.8 Å². The fourth-order valence-electron chi connectivity index (χ4n) is 3.41. The summed E-state index contributed by atoms with van der Waals surface area (Å²) < 4.78 is 0. The molecule has 2 unspecified atom stereocenters. The summed E-state index contributed by atoms with van der Waals surface area (Å²) in [6, 6.07) is 2.39. The summed E-state index contributed by atoms with van der Waals surface area (Å²) in [7, 11) is 0. The zero-order valence-corrected chi connectivity index (χ0v) is 18.4. The van der Waals surface area contributed by atoms with Crippen molar-refractivity contribution in [3.05, 3.63) is 36.3 Å². The van der Waals surface area contributed by atoms with Crippen molar-refractivity contribution >= 4 is 23.8 Å². The fourth-order valence-corrected chi connectivity index (χ4v) is 3.41. The maximum absolute atomic E-state index is 12.9. The zero-order chi connectivity index (χ0) is 24.0. The molecule has 4 amide bonds. The summed E-state index contributed by atoms with van der Waals surface area (Å²) in [5.74, 6) is -2.41. The van der Waals surface area contributed by atoms with Crippen LogP contribution in [0.5, 0.6) is 0 Å². The van der Waals surface area contributed by atoms with E-state index in [-0.39, 0.29) is 24.2 Å². The Kier molecular flexibility index (Phi) is 7.59. The van der Waals surface area contributed by atoms with E-state index in [1.165, 1.54) is 4.90 Å². The number of nitrogens with zero attached hydrogens (tertiary/aromatic N) is 3. The van der Waals surface area contributed by atoms with Crippen LogP contribution in [0.1, 0.15) is 30.8 Å². The molecule has 0 aliphatic carbocycles. The molecule has 1 aliphatic heterocycles. The minimum absolute atomic E-state index is 0.0443. The van der Waals surface area contributed by atoms with Gasteiger partial charge in [0.15, 0.2) is 0 Å². The Hall–Kier alpha value is -3.96. The highest BCUT2D eigenvalue weighted by molar-refractivity contribution is 5.97. The number of carbonyl (C=O) groups is 4. The molecule has 1 aliphatic rings. The van der Waals surface area contributed by atoms with Crippen molar-refractivity contribution in [3.8, 4) is 11.3 Å². The van der Waals surface area contributed by atoms with Gasteiger partial charge in [0.2, 0.25) is 5.91 Å². The third kappa shape index (κ3) is 6.28. The Labute approximate surface area is 190 Å². The van der Waals surface area contributed by atoms with Crippen molar-refractivity contribution in [2.75, 3.05) is 19.6 Å². The van der Waals surface area contributed by atoms with Gasteiger partial charge in [-0.15, -0.1) is 0 Å². The molecule has 176 valence electrons. The molecule has 2 aromatic rings. The van der Waals surface area contributed by atoms with Crippen LogP contribution in [0.2, 0.25) is 0 Å². The lowest BCUT2D eigenvalue weighted by Gasteiger charge is -2.24. The second-order valence-corrected chi connectivity index (χ2v) is 8.14. The van der Waals surface area contributed by atoms with Gasteiger partial charge in [0.1, 0.15) is 17.8 Å². The van der Waals surface area contributed by atoms with Crippen molar-refractivity contribution in [1.82, 2.24) is 36.0 Å². The van der Waals surface area contributed by atoms with Crippen LogP contribution in [-0.4, -0.2) is 80.7 Å². The molecule has 0 radical (unpaired) electrons. The number of nitrogens with one attached hydrogen (secondary N) is 4. The molecule has 0 bridgehead atoms. The third-order valence-corrected chi connectivity index (χ3v) is 5.09. The van der Waals surface area contributed by atoms with Crippen molar-refractivity contribution in [3.63, 3.8) is 0 Å². The number of carboxylic acids is 1. The minimum atomic E-state index is -1.31. The summed E-state index contributed by atoms with van der Waals surface area (Å²) in [4.78, 5) is 54.4. The van der Waals surface area contributed by atoms with Crippen LogP contribution in [0.3, 0.4) is 0 Å². The van der Waals surface area contributed by atoms with Crippen LogP contribution in [-0.2, 0) is 9.59 Å². The third-order valence-electron chi connectivity index (χ3n) is 5.09. The van der Waals surface area contributed by atoms with E-state index in [1.54, 1.807) is 30.6 Å². The molecule has 1 saturated heterocycles. The first kappa shape index (κ1) is 23.7. The molecule has 1 fully saturated rings. The van der Waals surface area contributed by atoms with Crippen molar-refractivity contribution in [2.45, 2.75) is 32.4 Å². The summed E-state index contributed by atoms with van der Waals surface area (Å²) in [5, 5.41) is 24.0. The minimum Gasteiger partial charge on any atom is -0.480 e. The molecule has 2 atom stereocenters. The van der Waals surface area contributed by atoms with E-state index < -0.39 is 29.9 Å². The normalized spacial score (nSPS) is 15.1. The fraction of sp³-hybridized carbons (Fsp3) is 0.429. The average Bonchev–Trinajstić information content (AvgIpc) is 3.42. The van der Waals surface area contributed by atoms with Crippen LogP contribution in [0.4, 0.5) is 4.79 Å². The number of rotatable bonds is 10. The quantitative estimate of drug-likeness (QED) is 0.339. The van der Waals surface area contributed by atoms with Gasteiger partial charge < -0.3 is 26.0 Å². The predicted molar refractivity (Wildman–Crippen MR) is 117 cm³/mol. The topological polar surface area (TPSA) is 169 Å². The Morgan fingerprint density at radius 3 is 2.52 bits per heavy atom. The number of aromatic nitrogens is 3. The molecule has 12 nitrogen and oxygen atoms in total. The van der Waals surface area contributed by atoms with Gasteiger partial charge in [-0.3, -0.25) is 19.7 Å². The summed E-state index contributed by atoms with van der Waals surface area (Å²) >= 11 is 0. The molecule has 0 saturated carbocycles. The lowest BCUT2D eigenvalue weighted by Crippen LogP contribution is -2.55. The number of urea groups is 1. The SMILES string of the molecule is CC(C)CC(NC(=O)c1cc(-c2ccncc2)n[nH]1)C(=O)NC(CN1CCNC1=O)C(=O)O. The van der Waals surface area contributed by atoms with E-state index in [2.05, 4.69) is 31.1 Å². The maximum atomic E-state index is 12.9. The molecule has 5 N–H and O–H groups in total. The number of carbonyl (C=O) groups excluding carboxylic acids is 3. The van der Waals surface area contributed by atoms with Crippen molar-refractivity contribution in [2.24, 2.45) is 5.92 Å². The van der Waals surface area contributed by atoms with Gasteiger partial charge in [0, 0.05) is 31.0 Å². The largest absolute Gasteiger partial charge is 0.480 e. The monoisotopic (exact) mass is 457 g/mol. The molecular weight excluding hydrogens is 430 g/mol. The van der Waals surface area contributed by atoms with E-state index in [1.807, 2.05) is 13.8 Å². The number of aromatic amines is 1. The van der Waals surface area contributed by atoms with Crippen molar-refractivity contribution < 1.29 is 24.3 Å². The standard InChI is InChI=1S/C21H27N7O5/c1-12(2)9-15(18(29)25-17(20(31)32)11-28-8-7-23-21(28)33)24-19(30)16-10-14(26-27-16)13-3-5-22-6-4-13/h3-6,10,12,15,17H,7-9,11H2,1-2H3,(H,23,33)(H,24,30)(H,25,29)(H,26,27)(H,31,32). The van der Waals surface area contributed by atoms with Gasteiger partial charge in [0.05, 0.1) is 12.2 Å². The zero-order valence-electron chi connectivity index (χ0n) is 18.4. The first-order valence-electron chi connectivity index (χ1n) is 10.6. The molecule has 33 heavy (non-hydrogen) atoms. The van der Waals surface area contributed by atoms with Crippen LogP contribution >= 0.6 is 0 Å². The predicted octanol–water partition coefficient (Wildman–Crippen LogP) is 0.211. The first-order valence-corrected chi connectivity index (χ1v) is 10.6. The average molecular weight is 457 g/mol. The number of pyridine rings is 1. The highest BCUT2D eigenvalue weighted by Gasteiger charge is 2.31. The first-order chi connectivity index (χ1) is 15.7. The van der Waals surface area contributed by atoms with Crippen LogP contribution in [0.25, 0.3) is 11.3 Å². The smallest absolute Gasteiger partial charge is 0.328 e. The Bertz CT molecular complexity index is 1010. The van der Waals surface area contributed by atoms with Crippen molar-refractivity contribution in [1.29, 1.82) is 0 Å². The second kappa shape index (κ2) is 10.6. The van der Waals surface area contributed by atoms with Crippen LogP contribution in [0.15, 0.2) is 30.6 Å². The molecule has 0 spiro atoms. The lowest BCUT2D eigenvalue weighted by atomic mass is 10.0. The van der Waals surface area contributed by atoms with E-state index in [9.17, 15) is 24.3 Å². The number of hydrogen-bond acceptors (Lipinski definition) is 6. The number of carboxylic acid groups (broad SMARTS) is 1. The number of aliphatic carboxylic acids is 1. The van der Waals surface area contributed by atoms with E-state index in [4.69, 9.17) is 0 Å². The van der Waals surface area contributed by atoms with Gasteiger partial charge in [-0.25, -0.2) is 9.59 Å². The molecule has 3 rings (SSSR count). The number of hydrogen-bond donors (Lipinski definition) is 5. The van der Waals surface area contributed by atoms with Crippen LogP contribution in [0, 0.1) is 5.92 Å². The van der Waals surface area contributed by atoms with Gasteiger partial charge in [-0.2, -0.15) is 5.10 Å². The second-order valence-electron chi connectivity index (χ2n) is 8.14. The molecule has 12 heteroatoms. The van der Waals surface area contributed by atoms with E-state index in [0.29, 0.717) is 25.2 Å². The highest BCUT2D eigenvalue weighted by atomic mass is 16.4. The van der Waals surface area contributed by atoms with Gasteiger partial charge >= 0.3 is 12.0 Å². The Morgan fingerprint density at radius 2 is 1.91 bits per heavy atom. The van der Waals surface area contributed by atoms with Gasteiger partial charge in [0.25, 0.3) is 5.91 Å². The maximum Gasteiger partial charge on any atom is 0.328 e. The molecule has 2 aromatic heterocycles. The molecular formula is C21H27N7O5. The summed E-state index contributed by atoms with van der Waals surface area (Å²) in [6.45, 7) is 4.35. The summed E-state index contributed by atoms with van der Waals surface area (Å²) in [5.41, 5.74) is 1.47. The van der Waals surface area contributed by atoms with Gasteiger partial charge in [-0.05, 0) is 30.5 Å². The van der Waals surface area contributed by atoms with E-state index in [0.717, 1.165) is 5.56 Å². The lowest BCUT2D eigenvalue weighted by molar-refractivity contribution is -0.142. The molecule has 3 heterocycles. The molecule has 0 aromatic carbocycles. The Morgan fingerprint density at radius 1 is 1.18 bits per heavy atom. The summed E-state index contributed by atoms with van der Waals surface area (Å²) in [6.07, 6.45) is 3.51. The van der Waals surface area contributed by atoms with E-state index >= 15 is 0 Å². The highest BCUT2D eigenvalue weighted by Crippen LogP contribution is 2.16.